The largest absolute Gasteiger partial charge is 0.394 e. The number of carbonyl (C=O) groups is 1. The third kappa shape index (κ3) is 9.11. The SMILES string of the molecule is O=C(CCC(F)(F)CC(F)(F)F)NCC(O)CO. The van der Waals surface area contributed by atoms with Gasteiger partial charge in [-0.1, -0.05) is 0 Å². The summed E-state index contributed by atoms with van der Waals surface area (Å²) in [4.78, 5) is 11.0. The number of aliphatic hydroxyl groups excluding tert-OH is 2. The van der Waals surface area contributed by atoms with Crippen molar-refractivity contribution in [2.24, 2.45) is 0 Å². The van der Waals surface area contributed by atoms with Crippen LogP contribution in [0.15, 0.2) is 0 Å². The molecule has 0 saturated carbocycles. The summed E-state index contributed by atoms with van der Waals surface area (Å²) in [6.07, 6.45) is -10.5. The summed E-state index contributed by atoms with van der Waals surface area (Å²) in [6, 6.07) is 0. The highest BCUT2D eigenvalue weighted by molar-refractivity contribution is 5.75. The van der Waals surface area contributed by atoms with Gasteiger partial charge < -0.3 is 15.5 Å². The smallest absolute Gasteiger partial charge is 0.394 e. The lowest BCUT2D eigenvalue weighted by Gasteiger charge is -2.18. The fraction of sp³-hybridized carbons (Fsp3) is 0.889. The Morgan fingerprint density at radius 2 is 1.78 bits per heavy atom. The van der Waals surface area contributed by atoms with Gasteiger partial charge in [0, 0.05) is 19.4 Å². The van der Waals surface area contributed by atoms with E-state index in [0.717, 1.165) is 0 Å². The first-order valence-corrected chi connectivity index (χ1v) is 5.06. The Kier molecular flexibility index (Phi) is 6.47. The highest BCUT2D eigenvalue weighted by Gasteiger charge is 2.43. The molecule has 0 fully saturated rings. The van der Waals surface area contributed by atoms with Gasteiger partial charge in [-0.25, -0.2) is 8.78 Å². The van der Waals surface area contributed by atoms with Gasteiger partial charge in [-0.05, 0) is 0 Å². The quantitative estimate of drug-likeness (QED) is 0.604. The van der Waals surface area contributed by atoms with Crippen LogP contribution in [0.3, 0.4) is 0 Å². The molecule has 0 aliphatic carbocycles. The van der Waals surface area contributed by atoms with Crippen LogP contribution in [0.2, 0.25) is 0 Å². The molecule has 1 amide bonds. The zero-order valence-corrected chi connectivity index (χ0v) is 9.31. The lowest BCUT2D eigenvalue weighted by Crippen LogP contribution is -2.35. The molecule has 0 aliphatic heterocycles. The van der Waals surface area contributed by atoms with Gasteiger partial charge in [-0.3, -0.25) is 4.79 Å². The molecule has 4 nitrogen and oxygen atoms in total. The molecule has 0 aromatic rings. The van der Waals surface area contributed by atoms with E-state index in [9.17, 15) is 26.7 Å². The van der Waals surface area contributed by atoms with Gasteiger partial charge in [0.15, 0.2) is 0 Å². The van der Waals surface area contributed by atoms with Crippen LogP contribution >= 0.6 is 0 Å². The van der Waals surface area contributed by atoms with Gasteiger partial charge >= 0.3 is 6.18 Å². The Morgan fingerprint density at radius 1 is 1.22 bits per heavy atom. The van der Waals surface area contributed by atoms with Crippen LogP contribution in [0, 0.1) is 0 Å². The maximum atomic E-state index is 12.8. The number of nitrogens with one attached hydrogen (secondary N) is 1. The van der Waals surface area contributed by atoms with E-state index in [1.165, 1.54) is 0 Å². The lowest BCUT2D eigenvalue weighted by molar-refractivity contribution is -0.189. The first kappa shape index (κ1) is 17.0. The van der Waals surface area contributed by atoms with Crippen molar-refractivity contribution in [3.8, 4) is 0 Å². The minimum atomic E-state index is -4.99. The average molecular weight is 279 g/mol. The van der Waals surface area contributed by atoms with Gasteiger partial charge in [0.2, 0.25) is 5.91 Å². The molecule has 3 N–H and O–H groups in total. The van der Waals surface area contributed by atoms with E-state index in [1.54, 1.807) is 0 Å². The molecule has 0 heterocycles. The van der Waals surface area contributed by atoms with Crippen molar-refractivity contribution in [3.63, 3.8) is 0 Å². The Bertz CT molecular complexity index is 269. The Labute approximate surface area is 99.8 Å². The van der Waals surface area contributed by atoms with E-state index in [0.29, 0.717) is 0 Å². The zero-order valence-electron chi connectivity index (χ0n) is 9.31. The van der Waals surface area contributed by atoms with Crippen LogP contribution in [0.4, 0.5) is 22.0 Å². The second kappa shape index (κ2) is 6.83. The second-order valence-electron chi connectivity index (χ2n) is 3.79. The average Bonchev–Trinajstić information content (AvgIpc) is 2.19. The molecular formula is C9H14F5NO3. The Morgan fingerprint density at radius 3 is 2.22 bits per heavy atom. The third-order valence-electron chi connectivity index (χ3n) is 1.92. The number of alkyl halides is 5. The molecule has 0 bridgehead atoms. The summed E-state index contributed by atoms with van der Waals surface area (Å²) in [7, 11) is 0. The van der Waals surface area contributed by atoms with Crippen LogP contribution in [-0.4, -0.2) is 47.5 Å². The molecule has 0 radical (unpaired) electrons. The summed E-state index contributed by atoms with van der Waals surface area (Å²) in [5, 5.41) is 19.2. The van der Waals surface area contributed by atoms with Gasteiger partial charge in [-0.2, -0.15) is 13.2 Å². The van der Waals surface area contributed by atoms with Crippen LogP contribution in [0.5, 0.6) is 0 Å². The number of aliphatic hydroxyl groups is 2. The van der Waals surface area contributed by atoms with Crippen molar-refractivity contribution < 1.29 is 37.0 Å². The molecule has 0 aromatic heterocycles. The molecule has 0 aliphatic rings. The highest BCUT2D eigenvalue weighted by atomic mass is 19.4. The van der Waals surface area contributed by atoms with Gasteiger partial charge in [0.25, 0.3) is 5.92 Å². The highest BCUT2D eigenvalue weighted by Crippen LogP contribution is 2.34. The number of halogens is 5. The first-order valence-electron chi connectivity index (χ1n) is 5.06. The predicted octanol–water partition coefficient (Wildman–Crippen LogP) is 0.824. The zero-order chi connectivity index (χ0) is 14.4. The normalized spacial score (nSPS) is 14.4. The standard InChI is InChI=1S/C9H14F5NO3/c10-8(11,5-9(12,13)14)2-1-7(18)15-3-6(17)4-16/h6,16-17H,1-5H2,(H,15,18). The van der Waals surface area contributed by atoms with Crippen LogP contribution in [-0.2, 0) is 4.79 Å². The minimum Gasteiger partial charge on any atom is -0.394 e. The van der Waals surface area contributed by atoms with Crippen molar-refractivity contribution in [1.82, 2.24) is 5.32 Å². The van der Waals surface area contributed by atoms with E-state index >= 15 is 0 Å². The molecule has 0 saturated heterocycles. The maximum absolute atomic E-state index is 12.8. The molecule has 0 aromatic carbocycles. The summed E-state index contributed by atoms with van der Waals surface area (Å²) in [6.45, 7) is -0.968. The Balaban J connectivity index is 3.97. The number of carbonyl (C=O) groups excluding carboxylic acids is 1. The van der Waals surface area contributed by atoms with Crippen molar-refractivity contribution in [3.05, 3.63) is 0 Å². The van der Waals surface area contributed by atoms with E-state index in [-0.39, 0.29) is 6.54 Å². The number of amides is 1. The molecule has 0 rings (SSSR count). The first-order chi connectivity index (χ1) is 8.06. The van der Waals surface area contributed by atoms with Gasteiger partial charge in [0.05, 0.1) is 12.7 Å². The molecule has 108 valence electrons. The summed E-state index contributed by atoms with van der Waals surface area (Å²) in [5.41, 5.74) is 0. The van der Waals surface area contributed by atoms with Crippen LogP contribution < -0.4 is 5.32 Å². The number of rotatable bonds is 7. The molecule has 0 spiro atoms. The number of hydrogen-bond acceptors (Lipinski definition) is 3. The van der Waals surface area contributed by atoms with E-state index in [4.69, 9.17) is 10.2 Å². The molecule has 1 unspecified atom stereocenters. The third-order valence-corrected chi connectivity index (χ3v) is 1.92. The van der Waals surface area contributed by atoms with Crippen LogP contribution in [0.1, 0.15) is 19.3 Å². The van der Waals surface area contributed by atoms with Gasteiger partial charge in [0.1, 0.15) is 6.42 Å². The van der Waals surface area contributed by atoms with Crippen molar-refractivity contribution in [1.29, 1.82) is 0 Å². The fourth-order valence-corrected chi connectivity index (χ4v) is 1.06. The Hall–Kier alpha value is -0.960. The van der Waals surface area contributed by atoms with Gasteiger partial charge in [-0.15, -0.1) is 0 Å². The summed E-state index contributed by atoms with van der Waals surface area (Å²) >= 11 is 0. The van der Waals surface area contributed by atoms with Crippen LogP contribution in [0.25, 0.3) is 0 Å². The number of hydrogen-bond donors (Lipinski definition) is 3. The van der Waals surface area contributed by atoms with E-state index in [2.05, 4.69) is 0 Å². The molecule has 9 heteroatoms. The minimum absolute atomic E-state index is 0.347. The molecular weight excluding hydrogens is 265 g/mol. The molecule has 18 heavy (non-hydrogen) atoms. The van der Waals surface area contributed by atoms with E-state index < -0.39 is 50.0 Å². The van der Waals surface area contributed by atoms with Crippen molar-refractivity contribution in [2.45, 2.75) is 37.5 Å². The topological polar surface area (TPSA) is 69.6 Å². The monoisotopic (exact) mass is 279 g/mol. The van der Waals surface area contributed by atoms with Crippen molar-refractivity contribution in [2.75, 3.05) is 13.2 Å². The maximum Gasteiger partial charge on any atom is 0.394 e. The van der Waals surface area contributed by atoms with Crippen molar-refractivity contribution >= 4 is 5.91 Å². The predicted molar refractivity (Wildman–Crippen MR) is 51.0 cm³/mol. The lowest BCUT2D eigenvalue weighted by atomic mass is 10.1. The molecule has 1 atom stereocenters. The summed E-state index contributed by atoms with van der Waals surface area (Å²) in [5.74, 6) is -4.91. The second-order valence-corrected chi connectivity index (χ2v) is 3.79. The van der Waals surface area contributed by atoms with E-state index in [1.807, 2.05) is 5.32 Å². The summed E-state index contributed by atoms with van der Waals surface area (Å²) < 4.78 is 60.7. The fourth-order valence-electron chi connectivity index (χ4n) is 1.06.